The van der Waals surface area contributed by atoms with Crippen molar-refractivity contribution in [2.45, 2.75) is 19.9 Å². The van der Waals surface area contributed by atoms with E-state index in [-0.39, 0.29) is 11.8 Å². The van der Waals surface area contributed by atoms with Gasteiger partial charge in [0.2, 0.25) is 5.91 Å². The topological polar surface area (TPSA) is 70.7 Å². The molecular formula is C9H11ClN4O. The summed E-state index contributed by atoms with van der Waals surface area (Å²) >= 11 is 5.34. The maximum absolute atomic E-state index is 11.0. The SMILES string of the molecule is Cc1cc(NC(=O)CCl)nn1CCC#N. The number of nitrogens with zero attached hydrogens (tertiary/aromatic N) is 3. The molecule has 0 aliphatic rings. The van der Waals surface area contributed by atoms with Crippen molar-refractivity contribution in [3.8, 4) is 6.07 Å². The molecule has 0 spiro atoms. The number of nitriles is 1. The molecule has 0 bridgehead atoms. The highest BCUT2D eigenvalue weighted by Crippen LogP contribution is 2.08. The van der Waals surface area contributed by atoms with Crippen molar-refractivity contribution in [1.29, 1.82) is 5.26 Å². The molecule has 1 N–H and O–H groups in total. The number of anilines is 1. The van der Waals surface area contributed by atoms with Gasteiger partial charge in [-0.1, -0.05) is 0 Å². The van der Waals surface area contributed by atoms with E-state index in [9.17, 15) is 4.79 Å². The Bertz CT molecular complexity index is 393. The molecule has 1 amide bonds. The van der Waals surface area contributed by atoms with E-state index in [2.05, 4.69) is 10.4 Å². The number of rotatable bonds is 4. The summed E-state index contributed by atoms with van der Waals surface area (Å²) in [5, 5.41) is 15.1. The Morgan fingerprint density at radius 2 is 2.53 bits per heavy atom. The minimum absolute atomic E-state index is 0.0932. The van der Waals surface area contributed by atoms with Crippen molar-refractivity contribution >= 4 is 23.3 Å². The predicted octanol–water partition coefficient (Wildman–Crippen LogP) is 1.28. The maximum atomic E-state index is 11.0. The van der Waals surface area contributed by atoms with Crippen LogP contribution in [0.25, 0.3) is 0 Å². The van der Waals surface area contributed by atoms with Crippen molar-refractivity contribution in [2.75, 3.05) is 11.2 Å². The minimum atomic E-state index is -0.290. The number of halogens is 1. The van der Waals surface area contributed by atoms with Gasteiger partial charge in [0, 0.05) is 11.8 Å². The summed E-state index contributed by atoms with van der Waals surface area (Å²) in [5.41, 5.74) is 0.898. The molecule has 1 heterocycles. The molecule has 0 atom stereocenters. The van der Waals surface area contributed by atoms with E-state index in [1.165, 1.54) is 0 Å². The summed E-state index contributed by atoms with van der Waals surface area (Å²) in [6.45, 7) is 2.39. The smallest absolute Gasteiger partial charge is 0.240 e. The summed E-state index contributed by atoms with van der Waals surface area (Å²) < 4.78 is 1.67. The number of nitrogens with one attached hydrogen (secondary N) is 1. The normalized spacial score (nSPS) is 9.67. The van der Waals surface area contributed by atoms with Crippen molar-refractivity contribution < 1.29 is 4.79 Å². The lowest BCUT2D eigenvalue weighted by molar-refractivity contribution is -0.113. The average molecular weight is 227 g/mol. The van der Waals surface area contributed by atoms with E-state index >= 15 is 0 Å². The molecule has 1 aromatic heterocycles. The van der Waals surface area contributed by atoms with E-state index in [4.69, 9.17) is 16.9 Å². The largest absolute Gasteiger partial charge is 0.308 e. The first-order chi connectivity index (χ1) is 7.17. The van der Waals surface area contributed by atoms with Crippen molar-refractivity contribution in [3.63, 3.8) is 0 Å². The van der Waals surface area contributed by atoms with Crippen molar-refractivity contribution in [2.24, 2.45) is 0 Å². The van der Waals surface area contributed by atoms with Crippen LogP contribution in [0.5, 0.6) is 0 Å². The third-order valence-corrected chi connectivity index (χ3v) is 2.05. The van der Waals surface area contributed by atoms with Crippen LogP contribution in [0.2, 0.25) is 0 Å². The number of hydrogen-bond acceptors (Lipinski definition) is 3. The lowest BCUT2D eigenvalue weighted by atomic mass is 10.4. The zero-order valence-corrected chi connectivity index (χ0v) is 9.08. The van der Waals surface area contributed by atoms with E-state index < -0.39 is 0 Å². The lowest BCUT2D eigenvalue weighted by Crippen LogP contribution is -2.13. The van der Waals surface area contributed by atoms with Gasteiger partial charge in [-0.15, -0.1) is 11.6 Å². The van der Waals surface area contributed by atoms with Crippen LogP contribution >= 0.6 is 11.6 Å². The first-order valence-electron chi connectivity index (χ1n) is 4.44. The Hall–Kier alpha value is -1.54. The number of carbonyl (C=O) groups excluding carboxylic acids is 1. The number of aromatic nitrogens is 2. The number of amides is 1. The first-order valence-corrected chi connectivity index (χ1v) is 4.98. The lowest BCUT2D eigenvalue weighted by Gasteiger charge is -1.99. The third-order valence-electron chi connectivity index (χ3n) is 1.81. The van der Waals surface area contributed by atoms with E-state index in [0.29, 0.717) is 18.8 Å². The molecule has 6 heteroatoms. The molecule has 0 unspecified atom stereocenters. The van der Waals surface area contributed by atoms with Crippen LogP contribution in [-0.2, 0) is 11.3 Å². The molecule has 0 saturated heterocycles. The molecule has 0 radical (unpaired) electrons. The van der Waals surface area contributed by atoms with Crippen LogP contribution in [0, 0.1) is 18.3 Å². The van der Waals surface area contributed by atoms with Gasteiger partial charge in [-0.25, -0.2) is 0 Å². The van der Waals surface area contributed by atoms with Gasteiger partial charge in [0.1, 0.15) is 5.88 Å². The summed E-state index contributed by atoms with van der Waals surface area (Å²) in [6.07, 6.45) is 0.394. The summed E-state index contributed by atoms with van der Waals surface area (Å²) in [4.78, 5) is 11.0. The van der Waals surface area contributed by atoms with Gasteiger partial charge >= 0.3 is 0 Å². The van der Waals surface area contributed by atoms with Gasteiger partial charge in [0.05, 0.1) is 19.0 Å². The monoisotopic (exact) mass is 226 g/mol. The van der Waals surface area contributed by atoms with Crippen LogP contribution in [0.3, 0.4) is 0 Å². The van der Waals surface area contributed by atoms with Gasteiger partial charge < -0.3 is 5.32 Å². The van der Waals surface area contributed by atoms with E-state index in [0.717, 1.165) is 5.69 Å². The van der Waals surface area contributed by atoms with Gasteiger partial charge in [-0.2, -0.15) is 10.4 Å². The zero-order chi connectivity index (χ0) is 11.3. The van der Waals surface area contributed by atoms with Crippen LogP contribution in [0.15, 0.2) is 6.07 Å². The molecule has 15 heavy (non-hydrogen) atoms. The minimum Gasteiger partial charge on any atom is -0.308 e. The second-order valence-corrected chi connectivity index (χ2v) is 3.25. The average Bonchev–Trinajstić information content (AvgIpc) is 2.55. The van der Waals surface area contributed by atoms with Crippen LogP contribution < -0.4 is 5.32 Å². The summed E-state index contributed by atoms with van der Waals surface area (Å²) in [5.74, 6) is 0.0853. The fraction of sp³-hybridized carbons (Fsp3) is 0.444. The molecule has 1 aromatic rings. The molecule has 0 saturated carbocycles. The van der Waals surface area contributed by atoms with Crippen LogP contribution in [-0.4, -0.2) is 21.6 Å². The van der Waals surface area contributed by atoms with Crippen molar-refractivity contribution in [3.05, 3.63) is 11.8 Å². The number of aryl methyl sites for hydroxylation is 2. The zero-order valence-electron chi connectivity index (χ0n) is 8.33. The van der Waals surface area contributed by atoms with Gasteiger partial charge in [0.15, 0.2) is 5.82 Å². The standard InChI is InChI=1S/C9H11ClN4O/c1-7-5-8(12-9(15)6-10)13-14(7)4-2-3-11/h5H,2,4,6H2,1H3,(H,12,13,15). The number of alkyl halides is 1. The van der Waals surface area contributed by atoms with Gasteiger partial charge in [-0.05, 0) is 6.92 Å². The Labute approximate surface area is 92.6 Å². The Balaban J connectivity index is 2.68. The highest BCUT2D eigenvalue weighted by Gasteiger charge is 2.06. The predicted molar refractivity (Wildman–Crippen MR) is 56.5 cm³/mol. The Morgan fingerprint density at radius 3 is 3.13 bits per heavy atom. The summed E-state index contributed by atoms with van der Waals surface area (Å²) in [6, 6.07) is 3.77. The second kappa shape index (κ2) is 5.37. The highest BCUT2D eigenvalue weighted by atomic mass is 35.5. The highest BCUT2D eigenvalue weighted by molar-refractivity contribution is 6.28. The molecule has 0 fully saturated rings. The Morgan fingerprint density at radius 1 is 1.80 bits per heavy atom. The van der Waals surface area contributed by atoms with Crippen molar-refractivity contribution in [1.82, 2.24) is 9.78 Å². The maximum Gasteiger partial charge on any atom is 0.240 e. The fourth-order valence-electron chi connectivity index (χ4n) is 1.13. The molecule has 0 aromatic carbocycles. The molecule has 80 valence electrons. The van der Waals surface area contributed by atoms with Crippen LogP contribution in [0.1, 0.15) is 12.1 Å². The Kier molecular flexibility index (Phi) is 4.13. The second-order valence-electron chi connectivity index (χ2n) is 2.98. The fourth-order valence-corrected chi connectivity index (χ4v) is 1.20. The molecular weight excluding hydrogens is 216 g/mol. The quantitative estimate of drug-likeness (QED) is 0.787. The molecule has 0 aliphatic carbocycles. The molecule has 0 aliphatic heterocycles. The third kappa shape index (κ3) is 3.26. The van der Waals surface area contributed by atoms with Crippen LogP contribution in [0.4, 0.5) is 5.82 Å². The first kappa shape index (κ1) is 11.5. The molecule has 1 rings (SSSR count). The number of hydrogen-bond donors (Lipinski definition) is 1. The summed E-state index contributed by atoms with van der Waals surface area (Å²) in [7, 11) is 0. The van der Waals surface area contributed by atoms with E-state index in [1.807, 2.05) is 13.0 Å². The molecule has 5 nitrogen and oxygen atoms in total. The van der Waals surface area contributed by atoms with Gasteiger partial charge in [-0.3, -0.25) is 9.48 Å². The number of carbonyl (C=O) groups is 1. The van der Waals surface area contributed by atoms with Gasteiger partial charge in [0.25, 0.3) is 0 Å². The van der Waals surface area contributed by atoms with E-state index in [1.54, 1.807) is 10.7 Å².